The molecule has 0 radical (unpaired) electrons. The summed E-state index contributed by atoms with van der Waals surface area (Å²) in [6, 6.07) is 13.1. The molecule has 1 N–H and O–H groups in total. The van der Waals surface area contributed by atoms with E-state index in [4.69, 9.17) is 9.47 Å². The molecule has 35 heavy (non-hydrogen) atoms. The van der Waals surface area contributed by atoms with Crippen molar-refractivity contribution in [1.82, 2.24) is 14.8 Å². The highest BCUT2D eigenvalue weighted by Crippen LogP contribution is 2.31. The van der Waals surface area contributed by atoms with Crippen molar-refractivity contribution in [2.75, 3.05) is 33.9 Å². The summed E-state index contributed by atoms with van der Waals surface area (Å²) in [7, 11) is 3.13. The summed E-state index contributed by atoms with van der Waals surface area (Å²) < 4.78 is 12.4. The maximum absolute atomic E-state index is 13.5. The maximum Gasteiger partial charge on any atom is 0.263 e. The summed E-state index contributed by atoms with van der Waals surface area (Å²) in [6.07, 6.45) is 7.71. The van der Waals surface area contributed by atoms with Crippen LogP contribution in [0.4, 0.5) is 0 Å². The molecular formula is C28H33N3O4. The Morgan fingerprint density at radius 2 is 1.80 bits per heavy atom. The fraction of sp³-hybridized carbons (Fsp3) is 0.429. The van der Waals surface area contributed by atoms with Crippen LogP contribution < -0.4 is 20.3 Å². The van der Waals surface area contributed by atoms with Gasteiger partial charge < -0.3 is 19.7 Å². The molecule has 2 atom stereocenters. The number of methoxy groups -OCH3 is 2. The molecule has 2 aliphatic rings. The fourth-order valence-corrected chi connectivity index (χ4v) is 5.77. The van der Waals surface area contributed by atoms with Gasteiger partial charge in [-0.15, -0.1) is 0 Å². The van der Waals surface area contributed by atoms with Gasteiger partial charge in [0.25, 0.3) is 11.5 Å². The predicted octanol–water partition coefficient (Wildman–Crippen LogP) is 4.00. The number of amides is 1. The minimum Gasteiger partial charge on any atom is -0.497 e. The minimum atomic E-state index is -0.214. The lowest BCUT2D eigenvalue weighted by Gasteiger charge is -2.44. The number of hydrogen-bond acceptors (Lipinski definition) is 5. The van der Waals surface area contributed by atoms with E-state index >= 15 is 0 Å². The Hall–Kier alpha value is -3.32. The third-order valence-electron chi connectivity index (χ3n) is 7.57. The highest BCUT2D eigenvalue weighted by molar-refractivity contribution is 6.06. The van der Waals surface area contributed by atoms with Crippen LogP contribution in [0, 0.1) is 5.92 Å². The Kier molecular flexibility index (Phi) is 6.77. The van der Waals surface area contributed by atoms with Gasteiger partial charge in [0.05, 0.1) is 25.5 Å². The molecule has 2 saturated heterocycles. The Balaban J connectivity index is 1.50. The van der Waals surface area contributed by atoms with Gasteiger partial charge in [0.15, 0.2) is 0 Å². The largest absolute Gasteiger partial charge is 0.497 e. The van der Waals surface area contributed by atoms with Crippen LogP contribution in [0.3, 0.4) is 0 Å². The molecule has 0 bridgehead atoms. The van der Waals surface area contributed by atoms with E-state index in [0.717, 1.165) is 6.42 Å². The molecular weight excluding hydrogens is 442 g/mol. The van der Waals surface area contributed by atoms with E-state index in [0.29, 0.717) is 52.0 Å². The number of benzene rings is 2. The van der Waals surface area contributed by atoms with Crippen molar-refractivity contribution in [3.8, 4) is 17.2 Å². The van der Waals surface area contributed by atoms with E-state index in [1.54, 1.807) is 44.7 Å². The first-order chi connectivity index (χ1) is 17.1. The van der Waals surface area contributed by atoms with Crippen molar-refractivity contribution in [3.05, 3.63) is 64.6 Å². The molecule has 1 amide bonds. The molecule has 7 nitrogen and oxygen atoms in total. The van der Waals surface area contributed by atoms with Crippen molar-refractivity contribution in [2.45, 2.75) is 38.1 Å². The van der Waals surface area contributed by atoms with Gasteiger partial charge in [-0.3, -0.25) is 14.2 Å². The van der Waals surface area contributed by atoms with Gasteiger partial charge in [0.1, 0.15) is 11.5 Å². The van der Waals surface area contributed by atoms with Crippen molar-refractivity contribution in [1.29, 1.82) is 0 Å². The molecule has 0 saturated carbocycles. The number of carbonyl (C=O) groups is 1. The Morgan fingerprint density at radius 3 is 2.60 bits per heavy atom. The lowest BCUT2D eigenvalue weighted by Crippen LogP contribution is -2.51. The van der Waals surface area contributed by atoms with Gasteiger partial charge in [-0.2, -0.15) is 0 Å². The summed E-state index contributed by atoms with van der Waals surface area (Å²) in [5.41, 5.74) is 0.789. The second-order valence-corrected chi connectivity index (χ2v) is 9.51. The monoisotopic (exact) mass is 475 g/mol. The summed E-state index contributed by atoms with van der Waals surface area (Å²) >= 11 is 0. The zero-order valence-corrected chi connectivity index (χ0v) is 20.5. The van der Waals surface area contributed by atoms with Crippen LogP contribution in [0.2, 0.25) is 0 Å². The second-order valence-electron chi connectivity index (χ2n) is 9.51. The Morgan fingerprint density at radius 1 is 1.00 bits per heavy atom. The smallest absolute Gasteiger partial charge is 0.263 e. The van der Waals surface area contributed by atoms with Crippen LogP contribution in [0.1, 0.15) is 42.5 Å². The molecule has 2 aliphatic heterocycles. The number of nitrogens with one attached hydrogen (secondary N) is 1. The van der Waals surface area contributed by atoms with Crippen LogP contribution in [-0.4, -0.2) is 55.3 Å². The van der Waals surface area contributed by atoms with Gasteiger partial charge in [0, 0.05) is 35.6 Å². The third-order valence-corrected chi connectivity index (χ3v) is 7.57. The van der Waals surface area contributed by atoms with Crippen LogP contribution >= 0.6 is 0 Å². The highest BCUT2D eigenvalue weighted by Gasteiger charge is 2.33. The second kappa shape index (κ2) is 10.1. The summed E-state index contributed by atoms with van der Waals surface area (Å²) in [5, 5.41) is 4.34. The zero-order valence-electron chi connectivity index (χ0n) is 20.5. The molecule has 1 aromatic heterocycles. The van der Waals surface area contributed by atoms with E-state index in [-0.39, 0.29) is 11.5 Å². The lowest BCUT2D eigenvalue weighted by molar-refractivity contribution is 0.0576. The molecule has 0 spiro atoms. The summed E-state index contributed by atoms with van der Waals surface area (Å²) in [4.78, 5) is 29.6. The van der Waals surface area contributed by atoms with E-state index in [2.05, 4.69) is 10.2 Å². The Labute approximate surface area is 205 Å². The van der Waals surface area contributed by atoms with E-state index < -0.39 is 0 Å². The minimum absolute atomic E-state index is 0.162. The SMILES string of the molecule is COc1ccc(OC)c(-n2cc(C(=O)NC[C@@H]3CCCN4CCCC[C@H]34)c3ccccc3c2=O)c1. The van der Waals surface area contributed by atoms with E-state index in [1.165, 1.54) is 43.3 Å². The van der Waals surface area contributed by atoms with Gasteiger partial charge >= 0.3 is 0 Å². The van der Waals surface area contributed by atoms with E-state index in [9.17, 15) is 9.59 Å². The topological polar surface area (TPSA) is 72.8 Å². The molecule has 184 valence electrons. The molecule has 2 aromatic carbocycles. The number of nitrogens with zero attached hydrogens (tertiary/aromatic N) is 2. The molecule has 3 heterocycles. The number of fused-ring (bicyclic) bond motifs is 2. The van der Waals surface area contributed by atoms with Crippen molar-refractivity contribution in [2.24, 2.45) is 5.92 Å². The predicted molar refractivity (Wildman–Crippen MR) is 137 cm³/mol. The third kappa shape index (κ3) is 4.52. The van der Waals surface area contributed by atoms with Gasteiger partial charge in [-0.05, 0) is 62.9 Å². The number of ether oxygens (including phenoxy) is 2. The molecule has 2 fully saturated rings. The van der Waals surface area contributed by atoms with Crippen molar-refractivity contribution < 1.29 is 14.3 Å². The van der Waals surface area contributed by atoms with Gasteiger partial charge in [0.2, 0.25) is 0 Å². The fourth-order valence-electron chi connectivity index (χ4n) is 5.77. The number of pyridine rings is 1. The number of hydrogen-bond donors (Lipinski definition) is 1. The van der Waals surface area contributed by atoms with Crippen molar-refractivity contribution in [3.63, 3.8) is 0 Å². The number of rotatable bonds is 6. The molecule has 0 unspecified atom stereocenters. The first-order valence-electron chi connectivity index (χ1n) is 12.5. The summed E-state index contributed by atoms with van der Waals surface area (Å²) in [5.74, 6) is 1.42. The first kappa shape index (κ1) is 23.4. The molecule has 7 heteroatoms. The van der Waals surface area contributed by atoms with Crippen LogP contribution in [-0.2, 0) is 0 Å². The lowest BCUT2D eigenvalue weighted by atomic mass is 9.83. The molecule has 5 rings (SSSR count). The highest BCUT2D eigenvalue weighted by atomic mass is 16.5. The number of piperidine rings is 2. The van der Waals surface area contributed by atoms with Crippen LogP contribution in [0.5, 0.6) is 11.5 Å². The average molecular weight is 476 g/mol. The summed E-state index contributed by atoms with van der Waals surface area (Å²) in [6.45, 7) is 3.00. The van der Waals surface area contributed by atoms with E-state index in [1.807, 2.05) is 18.2 Å². The maximum atomic E-state index is 13.5. The standard InChI is InChI=1S/C28H33N3O4/c1-34-20-12-13-26(35-2)25(16-20)31-18-23(21-9-3-4-10-22(21)28(31)33)27(32)29-17-19-8-7-15-30-14-6-5-11-24(19)30/h3-4,9-10,12-13,16,18-19,24H,5-8,11,14-15,17H2,1-2H3,(H,29,32)/t19-,24+/m0/s1. The molecule has 3 aromatic rings. The molecule has 0 aliphatic carbocycles. The first-order valence-corrected chi connectivity index (χ1v) is 12.5. The van der Waals surface area contributed by atoms with Gasteiger partial charge in [-0.25, -0.2) is 0 Å². The quantitative estimate of drug-likeness (QED) is 0.583. The van der Waals surface area contributed by atoms with Crippen LogP contribution in [0.25, 0.3) is 16.5 Å². The number of carbonyl (C=O) groups excluding carboxylic acids is 1. The van der Waals surface area contributed by atoms with Gasteiger partial charge in [-0.1, -0.05) is 24.6 Å². The average Bonchev–Trinajstić information content (AvgIpc) is 2.91. The van der Waals surface area contributed by atoms with Crippen LogP contribution in [0.15, 0.2) is 53.5 Å². The zero-order chi connectivity index (χ0) is 24.4. The number of aromatic nitrogens is 1. The Bertz CT molecular complexity index is 1280. The van der Waals surface area contributed by atoms with Crippen molar-refractivity contribution >= 4 is 16.7 Å². The normalized spacial score (nSPS) is 20.3.